The summed E-state index contributed by atoms with van der Waals surface area (Å²) in [7, 11) is 0. The van der Waals surface area contributed by atoms with E-state index in [-0.39, 0.29) is 0 Å². The van der Waals surface area contributed by atoms with Gasteiger partial charge in [-0.15, -0.1) is 0 Å². The van der Waals surface area contributed by atoms with E-state index in [0.29, 0.717) is 12.0 Å². The van der Waals surface area contributed by atoms with Gasteiger partial charge in [0.2, 0.25) is 0 Å². The molecule has 1 heterocycles. The van der Waals surface area contributed by atoms with Crippen LogP contribution < -0.4 is 0 Å². The van der Waals surface area contributed by atoms with Crippen LogP contribution in [-0.4, -0.2) is 0 Å². The van der Waals surface area contributed by atoms with E-state index < -0.39 is 0 Å². The second kappa shape index (κ2) is 12.1. The molecule has 0 saturated heterocycles. The standard InChI is InChI=1S/C51H36O/c1-32(2)36-29-30-45(50-46-25-13-14-26-47(46)52-51(36)50)38-18-6-8-20-40(38)49-43-23-11-9-21-41(43)48(42-22-10-12-24-44(42)49)39-19-7-5-17-37(39)35-28-27-33-15-3-4-16-34(33)31-35/h3-32H,1-2H3/i3D. The van der Waals surface area contributed by atoms with Gasteiger partial charge < -0.3 is 4.42 Å². The van der Waals surface area contributed by atoms with Crippen molar-refractivity contribution in [2.75, 3.05) is 0 Å². The minimum absolute atomic E-state index is 0.330. The van der Waals surface area contributed by atoms with E-state index in [4.69, 9.17) is 5.79 Å². The lowest BCUT2D eigenvalue weighted by molar-refractivity contribution is 0.657. The summed E-state index contributed by atoms with van der Waals surface area (Å²) in [5.41, 5.74) is 12.7. The molecule has 0 radical (unpaired) electrons. The van der Waals surface area contributed by atoms with Crippen LogP contribution in [0.25, 0.3) is 98.8 Å². The number of para-hydroxylation sites is 1. The van der Waals surface area contributed by atoms with Gasteiger partial charge in [0.05, 0.1) is 1.37 Å². The fraction of sp³-hybridized carbons (Fsp3) is 0.0588. The van der Waals surface area contributed by atoms with E-state index in [2.05, 4.69) is 172 Å². The zero-order valence-corrected chi connectivity index (χ0v) is 29.2. The molecule has 0 spiro atoms. The van der Waals surface area contributed by atoms with Crippen LogP contribution in [0.3, 0.4) is 0 Å². The molecular weight excluding hydrogens is 629 g/mol. The smallest absolute Gasteiger partial charge is 0.139 e. The van der Waals surface area contributed by atoms with Crippen molar-refractivity contribution in [3.63, 3.8) is 0 Å². The van der Waals surface area contributed by atoms with Crippen molar-refractivity contribution in [1.29, 1.82) is 0 Å². The molecule has 0 N–H and O–H groups in total. The highest BCUT2D eigenvalue weighted by Crippen LogP contribution is 2.49. The van der Waals surface area contributed by atoms with E-state index in [1.165, 1.54) is 71.4 Å². The Labute approximate surface area is 304 Å². The first-order valence-electron chi connectivity index (χ1n) is 18.6. The third kappa shape index (κ3) is 4.70. The first-order chi connectivity index (χ1) is 26.0. The molecular formula is C51H36O. The van der Waals surface area contributed by atoms with Gasteiger partial charge in [0.25, 0.3) is 0 Å². The first kappa shape index (κ1) is 29.3. The molecule has 0 aliphatic rings. The Bertz CT molecular complexity index is 3000. The molecule has 0 unspecified atom stereocenters. The minimum atomic E-state index is 0.330. The molecule has 0 atom stereocenters. The molecule has 10 rings (SSSR count). The van der Waals surface area contributed by atoms with Crippen LogP contribution in [0.15, 0.2) is 180 Å². The van der Waals surface area contributed by atoms with Gasteiger partial charge in [0.15, 0.2) is 0 Å². The predicted molar refractivity (Wildman–Crippen MR) is 222 cm³/mol. The van der Waals surface area contributed by atoms with E-state index >= 15 is 0 Å². The summed E-state index contributed by atoms with van der Waals surface area (Å²) < 4.78 is 14.7. The van der Waals surface area contributed by atoms with Gasteiger partial charge in [0, 0.05) is 10.8 Å². The van der Waals surface area contributed by atoms with E-state index in [1.54, 1.807) is 0 Å². The van der Waals surface area contributed by atoms with Crippen molar-refractivity contribution in [1.82, 2.24) is 0 Å². The lowest BCUT2D eigenvalue weighted by atomic mass is 9.82. The molecule has 0 aliphatic heterocycles. The summed E-state index contributed by atoms with van der Waals surface area (Å²) in [6.45, 7) is 4.48. The van der Waals surface area contributed by atoms with Crippen LogP contribution >= 0.6 is 0 Å². The Morgan fingerprint density at radius 1 is 0.442 bits per heavy atom. The second-order valence-electron chi connectivity index (χ2n) is 14.1. The molecule has 1 heteroatoms. The fourth-order valence-corrected chi connectivity index (χ4v) is 8.42. The van der Waals surface area contributed by atoms with Crippen LogP contribution in [-0.2, 0) is 0 Å². The topological polar surface area (TPSA) is 13.1 Å². The molecule has 0 bridgehead atoms. The lowest BCUT2D eigenvalue weighted by Gasteiger charge is -2.21. The number of hydrogen-bond acceptors (Lipinski definition) is 1. The van der Waals surface area contributed by atoms with E-state index in [1.807, 2.05) is 12.1 Å². The number of furan rings is 1. The third-order valence-electron chi connectivity index (χ3n) is 10.8. The van der Waals surface area contributed by atoms with Gasteiger partial charge in [-0.05, 0) is 100 Å². The van der Waals surface area contributed by atoms with Crippen LogP contribution in [0.5, 0.6) is 0 Å². The van der Waals surface area contributed by atoms with Crippen LogP contribution in [0.2, 0.25) is 0 Å². The summed E-state index contributed by atoms with van der Waals surface area (Å²) >= 11 is 0. The summed E-state index contributed by atoms with van der Waals surface area (Å²) in [6, 6.07) is 61.5. The summed E-state index contributed by atoms with van der Waals surface area (Å²) in [4.78, 5) is 0. The SMILES string of the molecule is [2H]c1ccc2cc(-c3ccccc3-c3c4ccccc4c(-c4ccccc4-c4ccc(C(C)C)c5oc6ccccc6c45)c4ccccc34)ccc2c1. The number of fused-ring (bicyclic) bond motifs is 6. The first-order valence-corrected chi connectivity index (χ1v) is 18.1. The molecule has 0 fully saturated rings. The average molecular weight is 666 g/mol. The normalized spacial score (nSPS) is 12.1. The van der Waals surface area contributed by atoms with Gasteiger partial charge in [-0.2, -0.15) is 0 Å². The van der Waals surface area contributed by atoms with Crippen molar-refractivity contribution in [2.24, 2.45) is 0 Å². The highest BCUT2D eigenvalue weighted by Gasteiger charge is 2.23. The molecule has 10 aromatic rings. The van der Waals surface area contributed by atoms with Gasteiger partial charge in [0.1, 0.15) is 11.2 Å². The van der Waals surface area contributed by atoms with Crippen molar-refractivity contribution < 1.29 is 5.79 Å². The summed E-state index contributed by atoms with van der Waals surface area (Å²) in [6.07, 6.45) is 0. The monoisotopic (exact) mass is 665 g/mol. The molecule has 52 heavy (non-hydrogen) atoms. The molecule has 1 aromatic heterocycles. The van der Waals surface area contributed by atoms with Crippen LogP contribution in [0.1, 0.15) is 26.7 Å². The summed E-state index contributed by atoms with van der Waals surface area (Å²) in [5, 5.41) is 9.41. The quantitative estimate of drug-likeness (QED) is 0.167. The van der Waals surface area contributed by atoms with Crippen molar-refractivity contribution in [3.8, 4) is 44.5 Å². The fourth-order valence-electron chi connectivity index (χ4n) is 8.42. The maximum absolute atomic E-state index is 8.12. The Balaban J connectivity index is 1.26. The van der Waals surface area contributed by atoms with E-state index in [0.717, 1.165) is 32.9 Å². The Hall–Kier alpha value is -6.44. The number of rotatable bonds is 5. The molecule has 9 aromatic carbocycles. The zero-order valence-electron chi connectivity index (χ0n) is 30.2. The minimum Gasteiger partial charge on any atom is -0.456 e. The van der Waals surface area contributed by atoms with Crippen LogP contribution in [0, 0.1) is 0 Å². The van der Waals surface area contributed by atoms with E-state index in [9.17, 15) is 0 Å². The molecule has 1 nitrogen and oxygen atoms in total. The number of hydrogen-bond donors (Lipinski definition) is 0. The second-order valence-corrected chi connectivity index (χ2v) is 14.1. The van der Waals surface area contributed by atoms with Gasteiger partial charge >= 0.3 is 0 Å². The molecule has 0 amide bonds. The lowest BCUT2D eigenvalue weighted by Crippen LogP contribution is -1.95. The molecule has 0 saturated carbocycles. The summed E-state index contributed by atoms with van der Waals surface area (Å²) in [5.74, 6) is 0.330. The zero-order chi connectivity index (χ0) is 35.6. The van der Waals surface area contributed by atoms with Crippen molar-refractivity contribution >= 4 is 54.3 Å². The molecule has 246 valence electrons. The Morgan fingerprint density at radius 2 is 1.00 bits per heavy atom. The molecule has 0 aliphatic carbocycles. The number of benzene rings is 9. The van der Waals surface area contributed by atoms with Crippen molar-refractivity contribution in [2.45, 2.75) is 19.8 Å². The highest BCUT2D eigenvalue weighted by molar-refractivity contribution is 6.24. The van der Waals surface area contributed by atoms with Gasteiger partial charge in [-0.3, -0.25) is 0 Å². The van der Waals surface area contributed by atoms with Crippen LogP contribution in [0.4, 0.5) is 0 Å². The van der Waals surface area contributed by atoms with Crippen molar-refractivity contribution in [3.05, 3.63) is 181 Å². The maximum atomic E-state index is 8.12. The highest BCUT2D eigenvalue weighted by atomic mass is 16.3. The third-order valence-corrected chi connectivity index (χ3v) is 10.8. The average Bonchev–Trinajstić information content (AvgIpc) is 3.59. The predicted octanol–water partition coefficient (Wildman–Crippen LogP) is 14.8. The maximum Gasteiger partial charge on any atom is 0.139 e. The largest absolute Gasteiger partial charge is 0.456 e. The van der Waals surface area contributed by atoms with Gasteiger partial charge in [-0.25, -0.2) is 0 Å². The Morgan fingerprint density at radius 3 is 1.65 bits per heavy atom. The Kier molecular flexibility index (Phi) is 6.82. The van der Waals surface area contributed by atoms with Gasteiger partial charge in [-0.1, -0.05) is 178 Å².